The van der Waals surface area contributed by atoms with Gasteiger partial charge in [-0.25, -0.2) is 14.8 Å². The second kappa shape index (κ2) is 5.25. The first-order chi connectivity index (χ1) is 7.37. The summed E-state index contributed by atoms with van der Waals surface area (Å²) in [6.45, 7) is 5.25. The quantitative estimate of drug-likeness (QED) is 0.629. The van der Waals surface area contributed by atoms with Gasteiger partial charge in [-0.2, -0.15) is 0 Å². The van der Waals surface area contributed by atoms with Crippen molar-refractivity contribution >= 4 is 21.9 Å². The van der Waals surface area contributed by atoms with Gasteiger partial charge in [0.2, 0.25) is 0 Å². The molecule has 0 fully saturated rings. The average molecular weight is 289 g/mol. The first-order valence-electron chi connectivity index (χ1n) is 4.69. The maximum absolute atomic E-state index is 11.3. The van der Waals surface area contributed by atoms with Gasteiger partial charge in [0.1, 0.15) is 5.60 Å². The molecule has 0 aliphatic carbocycles. The smallest absolute Gasteiger partial charge is 0.344 e. The highest BCUT2D eigenvalue weighted by atomic mass is 79.9. The Morgan fingerprint density at radius 1 is 1.38 bits per heavy atom. The zero-order valence-electron chi connectivity index (χ0n) is 9.36. The van der Waals surface area contributed by atoms with E-state index in [2.05, 4.69) is 25.9 Å². The van der Waals surface area contributed by atoms with Gasteiger partial charge >= 0.3 is 5.97 Å². The fraction of sp³-hybridized carbons (Fsp3) is 0.500. The molecule has 0 saturated carbocycles. The van der Waals surface area contributed by atoms with Gasteiger partial charge < -0.3 is 9.47 Å². The van der Waals surface area contributed by atoms with Crippen molar-refractivity contribution in [3.05, 3.63) is 17.1 Å². The molecule has 0 unspecified atom stereocenters. The van der Waals surface area contributed by atoms with E-state index in [4.69, 9.17) is 9.47 Å². The standard InChI is InChI=1S/C10H13BrN2O3/c1-10(2,3)16-8(14)6-15-7-4-12-9(11)13-5-7/h4-5H,6H2,1-3H3. The summed E-state index contributed by atoms with van der Waals surface area (Å²) in [7, 11) is 0. The molecule has 5 nitrogen and oxygen atoms in total. The largest absolute Gasteiger partial charge is 0.479 e. The van der Waals surface area contributed by atoms with Crippen molar-refractivity contribution in [2.75, 3.05) is 6.61 Å². The number of carbonyl (C=O) groups excluding carboxylic acids is 1. The fourth-order valence-corrected chi connectivity index (χ4v) is 1.09. The van der Waals surface area contributed by atoms with Gasteiger partial charge in [-0.1, -0.05) is 0 Å². The summed E-state index contributed by atoms with van der Waals surface area (Å²) in [5, 5.41) is 0. The molecule has 0 spiro atoms. The van der Waals surface area contributed by atoms with Crippen LogP contribution in [-0.4, -0.2) is 28.1 Å². The summed E-state index contributed by atoms with van der Waals surface area (Å²) in [4.78, 5) is 19.0. The molecule has 0 amide bonds. The number of aromatic nitrogens is 2. The van der Waals surface area contributed by atoms with E-state index in [1.807, 2.05) is 0 Å². The molecule has 0 N–H and O–H groups in total. The lowest BCUT2D eigenvalue weighted by molar-refractivity contribution is -0.157. The minimum Gasteiger partial charge on any atom is -0.479 e. The van der Waals surface area contributed by atoms with Crippen molar-refractivity contribution in [3.63, 3.8) is 0 Å². The van der Waals surface area contributed by atoms with Crippen molar-refractivity contribution in [1.29, 1.82) is 0 Å². The molecule has 0 aliphatic heterocycles. The molecule has 0 atom stereocenters. The zero-order valence-corrected chi connectivity index (χ0v) is 10.9. The summed E-state index contributed by atoms with van der Waals surface area (Å²) < 4.78 is 10.7. The molecule has 0 bridgehead atoms. The van der Waals surface area contributed by atoms with Crippen LogP contribution >= 0.6 is 15.9 Å². The number of nitrogens with zero attached hydrogens (tertiary/aromatic N) is 2. The lowest BCUT2D eigenvalue weighted by Crippen LogP contribution is -2.27. The van der Waals surface area contributed by atoms with Crippen molar-refractivity contribution in [2.45, 2.75) is 26.4 Å². The lowest BCUT2D eigenvalue weighted by Gasteiger charge is -2.19. The predicted octanol–water partition coefficient (Wildman–Crippen LogP) is 1.96. The van der Waals surface area contributed by atoms with Crippen LogP contribution in [0.1, 0.15) is 20.8 Å². The van der Waals surface area contributed by atoms with E-state index in [1.54, 1.807) is 20.8 Å². The molecule has 1 heterocycles. The van der Waals surface area contributed by atoms with E-state index in [9.17, 15) is 4.79 Å². The van der Waals surface area contributed by atoms with E-state index >= 15 is 0 Å². The fourth-order valence-electron chi connectivity index (χ4n) is 0.888. The van der Waals surface area contributed by atoms with Crippen molar-refractivity contribution in [1.82, 2.24) is 9.97 Å². The van der Waals surface area contributed by atoms with Gasteiger partial charge in [0.05, 0.1) is 12.4 Å². The van der Waals surface area contributed by atoms with Crippen LogP contribution in [0.25, 0.3) is 0 Å². The summed E-state index contributed by atoms with van der Waals surface area (Å²) in [5.41, 5.74) is -0.503. The lowest BCUT2D eigenvalue weighted by atomic mass is 10.2. The highest BCUT2D eigenvalue weighted by molar-refractivity contribution is 9.10. The molecule has 16 heavy (non-hydrogen) atoms. The Labute approximate surface area is 102 Å². The summed E-state index contributed by atoms with van der Waals surface area (Å²) in [5.74, 6) is 0.00415. The summed E-state index contributed by atoms with van der Waals surface area (Å²) in [6, 6.07) is 0. The van der Waals surface area contributed by atoms with Crippen LogP contribution in [0.5, 0.6) is 5.75 Å². The molecule has 6 heteroatoms. The molecule has 1 aromatic heterocycles. The summed E-state index contributed by atoms with van der Waals surface area (Å²) in [6.07, 6.45) is 2.95. The van der Waals surface area contributed by atoms with E-state index in [1.165, 1.54) is 12.4 Å². The average Bonchev–Trinajstić information content (AvgIpc) is 2.14. The third-order valence-electron chi connectivity index (χ3n) is 1.37. The highest BCUT2D eigenvalue weighted by Crippen LogP contribution is 2.10. The van der Waals surface area contributed by atoms with Gasteiger partial charge in [-0.3, -0.25) is 0 Å². The number of halogens is 1. The Morgan fingerprint density at radius 3 is 2.44 bits per heavy atom. The van der Waals surface area contributed by atoms with Crippen LogP contribution in [-0.2, 0) is 9.53 Å². The summed E-state index contributed by atoms with van der Waals surface area (Å²) >= 11 is 3.10. The normalized spacial score (nSPS) is 11.0. The number of hydrogen-bond acceptors (Lipinski definition) is 5. The maximum atomic E-state index is 11.3. The van der Waals surface area contributed by atoms with E-state index < -0.39 is 11.6 Å². The number of esters is 1. The topological polar surface area (TPSA) is 61.3 Å². The van der Waals surface area contributed by atoms with Crippen LogP contribution in [0, 0.1) is 0 Å². The van der Waals surface area contributed by atoms with E-state index in [0.717, 1.165) is 0 Å². The van der Waals surface area contributed by atoms with Crippen LogP contribution in [0.4, 0.5) is 0 Å². The van der Waals surface area contributed by atoms with Gasteiger partial charge in [-0.05, 0) is 36.7 Å². The Kier molecular flexibility index (Phi) is 4.23. The molecular weight excluding hydrogens is 276 g/mol. The van der Waals surface area contributed by atoms with Crippen LogP contribution < -0.4 is 4.74 Å². The zero-order chi connectivity index (χ0) is 12.2. The molecule has 1 aromatic rings. The van der Waals surface area contributed by atoms with Crippen molar-refractivity contribution in [3.8, 4) is 5.75 Å². The van der Waals surface area contributed by atoms with Crippen molar-refractivity contribution in [2.24, 2.45) is 0 Å². The Hall–Kier alpha value is -1.17. The highest BCUT2D eigenvalue weighted by Gasteiger charge is 2.16. The van der Waals surface area contributed by atoms with E-state index in [-0.39, 0.29) is 6.61 Å². The number of ether oxygens (including phenoxy) is 2. The maximum Gasteiger partial charge on any atom is 0.344 e. The Bertz CT molecular complexity index is 359. The first-order valence-corrected chi connectivity index (χ1v) is 5.48. The van der Waals surface area contributed by atoms with Crippen LogP contribution in [0.15, 0.2) is 17.1 Å². The van der Waals surface area contributed by atoms with Crippen molar-refractivity contribution < 1.29 is 14.3 Å². The molecule has 0 aromatic carbocycles. The first kappa shape index (κ1) is 12.9. The predicted molar refractivity (Wildman–Crippen MR) is 61.1 cm³/mol. The third kappa shape index (κ3) is 5.06. The monoisotopic (exact) mass is 288 g/mol. The minimum absolute atomic E-state index is 0.151. The molecule has 0 radical (unpaired) electrons. The van der Waals surface area contributed by atoms with Crippen LogP contribution in [0.2, 0.25) is 0 Å². The molecule has 1 rings (SSSR count). The van der Waals surface area contributed by atoms with Gasteiger partial charge in [0.15, 0.2) is 17.1 Å². The molecular formula is C10H13BrN2O3. The minimum atomic E-state index is -0.503. The van der Waals surface area contributed by atoms with Gasteiger partial charge in [0.25, 0.3) is 0 Å². The second-order valence-corrected chi connectivity index (χ2v) is 4.77. The van der Waals surface area contributed by atoms with Gasteiger partial charge in [0, 0.05) is 0 Å². The Morgan fingerprint density at radius 2 is 1.94 bits per heavy atom. The SMILES string of the molecule is CC(C)(C)OC(=O)COc1cnc(Br)nc1. The Balaban J connectivity index is 2.40. The third-order valence-corrected chi connectivity index (χ3v) is 1.78. The van der Waals surface area contributed by atoms with Gasteiger partial charge in [-0.15, -0.1) is 0 Å². The van der Waals surface area contributed by atoms with Crippen LogP contribution in [0.3, 0.4) is 0 Å². The van der Waals surface area contributed by atoms with E-state index in [0.29, 0.717) is 10.5 Å². The molecule has 0 aliphatic rings. The second-order valence-electron chi connectivity index (χ2n) is 4.06. The molecule has 88 valence electrons. The number of carbonyl (C=O) groups is 1. The number of hydrogen-bond donors (Lipinski definition) is 0. The molecule has 0 saturated heterocycles. The number of rotatable bonds is 3.